The van der Waals surface area contributed by atoms with E-state index in [0.717, 1.165) is 6.54 Å². The standard InChI is InChI=1S/C15H21NO2/c1-11(8-15(17)18)16(2)10-12-6-7-13-4-3-5-14(13)9-12/h6-7,9,11H,3-5,8,10H2,1-2H3,(H,17,18). The molecule has 0 spiro atoms. The monoisotopic (exact) mass is 247 g/mol. The number of carboxylic acids is 1. The number of aryl methyl sites for hydroxylation is 2. The molecule has 0 fully saturated rings. The molecule has 1 aromatic carbocycles. The van der Waals surface area contributed by atoms with Crippen molar-refractivity contribution in [3.63, 3.8) is 0 Å². The van der Waals surface area contributed by atoms with E-state index in [-0.39, 0.29) is 12.5 Å². The quantitative estimate of drug-likeness (QED) is 0.869. The Balaban J connectivity index is 1.98. The van der Waals surface area contributed by atoms with Crippen LogP contribution >= 0.6 is 0 Å². The highest BCUT2D eigenvalue weighted by Crippen LogP contribution is 2.23. The summed E-state index contributed by atoms with van der Waals surface area (Å²) in [6.45, 7) is 2.78. The summed E-state index contributed by atoms with van der Waals surface area (Å²) in [5, 5.41) is 8.80. The van der Waals surface area contributed by atoms with E-state index in [1.165, 1.54) is 36.0 Å². The summed E-state index contributed by atoms with van der Waals surface area (Å²) in [4.78, 5) is 12.8. The van der Waals surface area contributed by atoms with E-state index < -0.39 is 5.97 Å². The zero-order chi connectivity index (χ0) is 13.1. The molecule has 1 unspecified atom stereocenters. The van der Waals surface area contributed by atoms with Gasteiger partial charge in [0.2, 0.25) is 0 Å². The molecule has 0 heterocycles. The summed E-state index contributed by atoms with van der Waals surface area (Å²) in [6.07, 6.45) is 3.87. The zero-order valence-electron chi connectivity index (χ0n) is 11.1. The van der Waals surface area contributed by atoms with Crippen molar-refractivity contribution in [3.05, 3.63) is 34.9 Å². The minimum absolute atomic E-state index is 0.0655. The Bertz CT molecular complexity index is 442. The summed E-state index contributed by atoms with van der Waals surface area (Å²) in [5.74, 6) is -0.733. The van der Waals surface area contributed by atoms with Crippen molar-refractivity contribution in [2.75, 3.05) is 7.05 Å². The summed E-state index contributed by atoms with van der Waals surface area (Å²) in [6, 6.07) is 6.75. The maximum atomic E-state index is 10.7. The van der Waals surface area contributed by atoms with Crippen molar-refractivity contribution >= 4 is 5.97 Å². The molecular weight excluding hydrogens is 226 g/mol. The van der Waals surface area contributed by atoms with Crippen molar-refractivity contribution in [3.8, 4) is 0 Å². The smallest absolute Gasteiger partial charge is 0.304 e. The van der Waals surface area contributed by atoms with E-state index in [1.54, 1.807) is 0 Å². The summed E-state index contributed by atoms with van der Waals surface area (Å²) in [5.41, 5.74) is 4.25. The van der Waals surface area contributed by atoms with Gasteiger partial charge in [-0.3, -0.25) is 9.69 Å². The van der Waals surface area contributed by atoms with Crippen LogP contribution in [0.25, 0.3) is 0 Å². The molecule has 0 saturated carbocycles. The van der Waals surface area contributed by atoms with Crippen LogP contribution in [-0.4, -0.2) is 29.1 Å². The minimum Gasteiger partial charge on any atom is -0.481 e. The van der Waals surface area contributed by atoms with Crippen LogP contribution in [0, 0.1) is 0 Å². The third-order valence-corrected chi connectivity index (χ3v) is 3.82. The molecule has 18 heavy (non-hydrogen) atoms. The van der Waals surface area contributed by atoms with Gasteiger partial charge in [0, 0.05) is 12.6 Å². The number of carboxylic acid groups (broad SMARTS) is 1. The molecule has 1 atom stereocenters. The van der Waals surface area contributed by atoms with Crippen LogP contribution in [0.15, 0.2) is 18.2 Å². The van der Waals surface area contributed by atoms with Crippen LogP contribution in [0.3, 0.4) is 0 Å². The fourth-order valence-corrected chi connectivity index (χ4v) is 2.58. The largest absolute Gasteiger partial charge is 0.481 e. The molecule has 0 saturated heterocycles. The summed E-state index contributed by atoms with van der Waals surface area (Å²) >= 11 is 0. The average molecular weight is 247 g/mol. The summed E-state index contributed by atoms with van der Waals surface area (Å²) < 4.78 is 0. The molecule has 0 bridgehead atoms. The second-order valence-electron chi connectivity index (χ2n) is 5.32. The van der Waals surface area contributed by atoms with Crippen LogP contribution in [0.2, 0.25) is 0 Å². The maximum Gasteiger partial charge on any atom is 0.304 e. The van der Waals surface area contributed by atoms with Gasteiger partial charge in [-0.2, -0.15) is 0 Å². The second kappa shape index (κ2) is 5.53. The lowest BCUT2D eigenvalue weighted by atomic mass is 10.1. The van der Waals surface area contributed by atoms with E-state index in [0.29, 0.717) is 0 Å². The van der Waals surface area contributed by atoms with Gasteiger partial charge in [-0.05, 0) is 49.9 Å². The average Bonchev–Trinajstić information content (AvgIpc) is 2.75. The van der Waals surface area contributed by atoms with E-state index in [9.17, 15) is 4.79 Å². The Morgan fingerprint density at radius 2 is 2.11 bits per heavy atom. The number of nitrogens with zero attached hydrogens (tertiary/aromatic N) is 1. The van der Waals surface area contributed by atoms with E-state index in [1.807, 2.05) is 14.0 Å². The first kappa shape index (κ1) is 13.1. The molecule has 1 aromatic rings. The molecule has 2 rings (SSSR count). The first-order chi connectivity index (χ1) is 8.56. The molecule has 1 aliphatic carbocycles. The predicted molar refractivity (Wildman–Crippen MR) is 71.6 cm³/mol. The Labute approximate surface area is 108 Å². The van der Waals surface area contributed by atoms with Crippen LogP contribution in [0.4, 0.5) is 0 Å². The molecule has 0 aliphatic heterocycles. The topological polar surface area (TPSA) is 40.5 Å². The van der Waals surface area contributed by atoms with E-state index >= 15 is 0 Å². The number of benzene rings is 1. The van der Waals surface area contributed by atoms with Gasteiger partial charge in [0.1, 0.15) is 0 Å². The van der Waals surface area contributed by atoms with E-state index in [2.05, 4.69) is 23.1 Å². The number of aliphatic carboxylic acids is 1. The third kappa shape index (κ3) is 3.10. The number of hydrogen-bond acceptors (Lipinski definition) is 2. The van der Waals surface area contributed by atoms with Crippen LogP contribution in [0.5, 0.6) is 0 Å². The molecule has 0 radical (unpaired) electrons. The predicted octanol–water partition coefficient (Wildman–Crippen LogP) is 2.47. The Kier molecular flexibility index (Phi) is 4.02. The molecule has 0 amide bonds. The van der Waals surface area contributed by atoms with Gasteiger partial charge in [0.15, 0.2) is 0 Å². The van der Waals surface area contributed by atoms with Crippen molar-refractivity contribution in [2.24, 2.45) is 0 Å². The zero-order valence-corrected chi connectivity index (χ0v) is 11.1. The molecule has 3 heteroatoms. The molecular formula is C15H21NO2. The van der Waals surface area contributed by atoms with Crippen LogP contribution < -0.4 is 0 Å². The third-order valence-electron chi connectivity index (χ3n) is 3.82. The SMILES string of the molecule is CC(CC(=O)O)N(C)Cc1ccc2c(c1)CCC2. The van der Waals surface area contributed by atoms with Crippen molar-refractivity contribution in [2.45, 2.75) is 45.2 Å². The number of rotatable bonds is 5. The maximum absolute atomic E-state index is 10.7. The normalized spacial score (nSPS) is 15.7. The van der Waals surface area contributed by atoms with Gasteiger partial charge in [-0.1, -0.05) is 18.2 Å². The number of carbonyl (C=O) groups is 1. The van der Waals surface area contributed by atoms with Crippen molar-refractivity contribution < 1.29 is 9.90 Å². The lowest BCUT2D eigenvalue weighted by molar-refractivity contribution is -0.138. The van der Waals surface area contributed by atoms with Gasteiger partial charge >= 0.3 is 5.97 Å². The molecule has 1 N–H and O–H groups in total. The lowest BCUT2D eigenvalue weighted by Gasteiger charge is -2.23. The first-order valence-corrected chi connectivity index (χ1v) is 6.59. The highest BCUT2D eigenvalue weighted by atomic mass is 16.4. The highest BCUT2D eigenvalue weighted by molar-refractivity contribution is 5.67. The van der Waals surface area contributed by atoms with Gasteiger partial charge < -0.3 is 5.11 Å². The van der Waals surface area contributed by atoms with Crippen LogP contribution in [-0.2, 0) is 24.2 Å². The van der Waals surface area contributed by atoms with E-state index in [4.69, 9.17) is 5.11 Å². The molecule has 0 aromatic heterocycles. The minimum atomic E-state index is -0.733. The second-order valence-corrected chi connectivity index (χ2v) is 5.32. The van der Waals surface area contributed by atoms with Gasteiger partial charge in [0.05, 0.1) is 6.42 Å². The van der Waals surface area contributed by atoms with Gasteiger partial charge in [-0.15, -0.1) is 0 Å². The fraction of sp³-hybridized carbons (Fsp3) is 0.533. The highest BCUT2D eigenvalue weighted by Gasteiger charge is 2.15. The Hall–Kier alpha value is -1.35. The summed E-state index contributed by atoms with van der Waals surface area (Å²) in [7, 11) is 1.99. The van der Waals surface area contributed by atoms with Gasteiger partial charge in [-0.25, -0.2) is 0 Å². The van der Waals surface area contributed by atoms with Crippen molar-refractivity contribution in [1.82, 2.24) is 4.90 Å². The first-order valence-electron chi connectivity index (χ1n) is 6.59. The van der Waals surface area contributed by atoms with Crippen molar-refractivity contribution in [1.29, 1.82) is 0 Å². The fourth-order valence-electron chi connectivity index (χ4n) is 2.58. The number of fused-ring (bicyclic) bond motifs is 1. The van der Waals surface area contributed by atoms with Gasteiger partial charge in [0.25, 0.3) is 0 Å². The Morgan fingerprint density at radius 1 is 1.39 bits per heavy atom. The lowest BCUT2D eigenvalue weighted by Crippen LogP contribution is -2.30. The molecule has 1 aliphatic rings. The molecule has 3 nitrogen and oxygen atoms in total. The Morgan fingerprint density at radius 3 is 2.83 bits per heavy atom. The van der Waals surface area contributed by atoms with Crippen LogP contribution in [0.1, 0.15) is 36.5 Å². The molecule has 98 valence electrons. The number of hydrogen-bond donors (Lipinski definition) is 1.